The summed E-state index contributed by atoms with van der Waals surface area (Å²) in [7, 11) is 0. The van der Waals surface area contributed by atoms with Crippen LogP contribution in [0.2, 0.25) is 0 Å². The van der Waals surface area contributed by atoms with E-state index in [1.165, 1.54) is 0 Å². The fourth-order valence-electron chi connectivity index (χ4n) is 4.52. The Hall–Kier alpha value is -4.59. The molecule has 0 spiro atoms. The maximum absolute atomic E-state index is 13.2. The Balaban J connectivity index is 1.50. The lowest BCUT2D eigenvalue weighted by Crippen LogP contribution is -2.42. The van der Waals surface area contributed by atoms with Crippen molar-refractivity contribution in [1.29, 1.82) is 0 Å². The number of benzene rings is 3. The van der Waals surface area contributed by atoms with Crippen LogP contribution in [-0.4, -0.2) is 40.6 Å². The second kappa shape index (κ2) is 13.2. The first-order valence-electron chi connectivity index (χ1n) is 13.7. The van der Waals surface area contributed by atoms with E-state index in [0.29, 0.717) is 25.2 Å². The normalized spacial score (nSPS) is 17.0. The van der Waals surface area contributed by atoms with E-state index in [4.69, 9.17) is 9.47 Å². The van der Waals surface area contributed by atoms with Crippen molar-refractivity contribution in [3.05, 3.63) is 113 Å². The van der Waals surface area contributed by atoms with Crippen LogP contribution in [0.4, 0.5) is 4.79 Å². The summed E-state index contributed by atoms with van der Waals surface area (Å²) in [6, 6.07) is 24.8. The molecule has 3 aromatic rings. The minimum Gasteiger partial charge on any atom is -0.509 e. The molecule has 3 N–H and O–H groups in total. The van der Waals surface area contributed by atoms with E-state index in [9.17, 15) is 19.5 Å². The quantitative estimate of drug-likeness (QED) is 0.179. The van der Waals surface area contributed by atoms with Crippen LogP contribution in [0.15, 0.2) is 96.3 Å². The van der Waals surface area contributed by atoms with Gasteiger partial charge in [0, 0.05) is 6.42 Å². The van der Waals surface area contributed by atoms with Gasteiger partial charge in [0.15, 0.2) is 5.78 Å². The highest BCUT2D eigenvalue weighted by molar-refractivity contribution is 6.27. The van der Waals surface area contributed by atoms with Gasteiger partial charge in [-0.1, -0.05) is 72.8 Å². The summed E-state index contributed by atoms with van der Waals surface area (Å²) < 4.78 is 11.2. The molecule has 2 atom stereocenters. The van der Waals surface area contributed by atoms with Crippen LogP contribution in [0.3, 0.4) is 0 Å². The van der Waals surface area contributed by atoms with Crippen molar-refractivity contribution in [3.8, 4) is 5.75 Å². The molecule has 8 heteroatoms. The predicted molar refractivity (Wildman–Crippen MR) is 155 cm³/mol. The van der Waals surface area contributed by atoms with Crippen LogP contribution in [0.25, 0.3) is 0 Å². The van der Waals surface area contributed by atoms with Gasteiger partial charge in [-0.2, -0.15) is 0 Å². The number of aryl methyl sites for hydroxylation is 1. The first-order valence-corrected chi connectivity index (χ1v) is 13.7. The zero-order valence-electron chi connectivity index (χ0n) is 23.6. The molecule has 41 heavy (non-hydrogen) atoms. The van der Waals surface area contributed by atoms with Gasteiger partial charge in [-0.05, 0) is 62.4 Å². The predicted octanol–water partition coefficient (Wildman–Crippen LogP) is 5.21. The maximum Gasteiger partial charge on any atom is 0.408 e. The number of amides is 2. The van der Waals surface area contributed by atoms with Gasteiger partial charge in [-0.25, -0.2) is 4.79 Å². The summed E-state index contributed by atoms with van der Waals surface area (Å²) >= 11 is 0. The molecule has 8 nitrogen and oxygen atoms in total. The number of hydrogen-bond acceptors (Lipinski definition) is 6. The summed E-state index contributed by atoms with van der Waals surface area (Å²) in [5.41, 5.74) is 1.70. The minimum atomic E-state index is -1.07. The van der Waals surface area contributed by atoms with Gasteiger partial charge in [-0.3, -0.25) is 9.59 Å². The third-order valence-corrected chi connectivity index (χ3v) is 6.55. The second-order valence-corrected chi connectivity index (χ2v) is 11.0. The lowest BCUT2D eigenvalue weighted by Gasteiger charge is -2.24. The minimum absolute atomic E-state index is 0.114. The first-order chi connectivity index (χ1) is 19.6. The number of hydrogen-bond donors (Lipinski definition) is 3. The number of carbonyl (C=O) groups is 3. The van der Waals surface area contributed by atoms with E-state index >= 15 is 0 Å². The Morgan fingerprint density at radius 1 is 0.902 bits per heavy atom. The third kappa shape index (κ3) is 8.45. The average molecular weight is 557 g/mol. The van der Waals surface area contributed by atoms with Crippen LogP contribution in [-0.2, 0) is 33.8 Å². The maximum atomic E-state index is 13.2. The second-order valence-electron chi connectivity index (χ2n) is 11.0. The lowest BCUT2D eigenvalue weighted by atomic mass is 9.97. The molecule has 0 bridgehead atoms. The number of nitrogens with one attached hydrogen (secondary N) is 2. The molecule has 2 amide bonds. The van der Waals surface area contributed by atoms with Gasteiger partial charge in [0.25, 0.3) is 5.91 Å². The number of Topliss-reactive ketones (excluding diaryl/α,β-unsaturated/α-hetero) is 1. The zero-order valence-corrected chi connectivity index (χ0v) is 23.6. The molecular formula is C33H36N2O6. The molecule has 1 heterocycles. The van der Waals surface area contributed by atoms with Crippen molar-refractivity contribution < 1.29 is 29.0 Å². The van der Waals surface area contributed by atoms with Gasteiger partial charge in [-0.15, -0.1) is 0 Å². The average Bonchev–Trinajstić information content (AvgIpc) is 3.23. The van der Waals surface area contributed by atoms with Crippen molar-refractivity contribution in [2.45, 2.75) is 64.3 Å². The van der Waals surface area contributed by atoms with Crippen LogP contribution >= 0.6 is 0 Å². The van der Waals surface area contributed by atoms with Crippen molar-refractivity contribution >= 4 is 17.8 Å². The molecule has 2 unspecified atom stereocenters. The summed E-state index contributed by atoms with van der Waals surface area (Å²) in [6.45, 7) is 5.58. The fourth-order valence-corrected chi connectivity index (χ4v) is 4.52. The van der Waals surface area contributed by atoms with Gasteiger partial charge in [0.1, 0.15) is 29.3 Å². The SMILES string of the molecule is CC(C)(C)OC(=O)NC(Cc1ccc(OCc2ccccc2)cc1)C(O)=C1C(=O)NC(CCc2ccccc2)C1=O. The monoisotopic (exact) mass is 556 g/mol. The van der Waals surface area contributed by atoms with Crippen LogP contribution in [0, 0.1) is 0 Å². The highest BCUT2D eigenvalue weighted by Crippen LogP contribution is 2.23. The molecular weight excluding hydrogens is 520 g/mol. The number of ketones is 1. The molecule has 1 fully saturated rings. The number of aliphatic hydroxyl groups is 1. The molecule has 1 saturated heterocycles. The largest absolute Gasteiger partial charge is 0.509 e. The van der Waals surface area contributed by atoms with E-state index in [1.807, 2.05) is 60.7 Å². The van der Waals surface area contributed by atoms with Crippen molar-refractivity contribution in [1.82, 2.24) is 10.6 Å². The summed E-state index contributed by atoms with van der Waals surface area (Å²) in [5, 5.41) is 16.6. The number of ether oxygens (including phenoxy) is 2. The van der Waals surface area contributed by atoms with Gasteiger partial charge in [0.05, 0.1) is 12.1 Å². The van der Waals surface area contributed by atoms with E-state index in [0.717, 1.165) is 16.7 Å². The molecule has 0 aromatic heterocycles. The lowest BCUT2D eigenvalue weighted by molar-refractivity contribution is -0.117. The van der Waals surface area contributed by atoms with Crippen LogP contribution < -0.4 is 15.4 Å². The van der Waals surface area contributed by atoms with Crippen LogP contribution in [0.1, 0.15) is 43.9 Å². The number of carbonyl (C=O) groups excluding carboxylic acids is 3. The van der Waals surface area contributed by atoms with E-state index in [1.54, 1.807) is 45.0 Å². The van der Waals surface area contributed by atoms with Crippen LogP contribution in [0.5, 0.6) is 5.75 Å². The number of aliphatic hydroxyl groups excluding tert-OH is 1. The summed E-state index contributed by atoms with van der Waals surface area (Å²) in [5.74, 6) is -0.997. The highest BCUT2D eigenvalue weighted by atomic mass is 16.6. The standard InChI is InChI=1S/C33H36N2O6/c1-33(2,3)41-32(39)35-27(20-23-14-17-25(18-15-23)40-21-24-12-8-5-9-13-24)30(37)28-29(36)26(34-31(28)38)19-16-22-10-6-4-7-11-22/h4-15,17-18,26-27,37H,16,19-21H2,1-3H3,(H,34,38)(H,35,39). The molecule has 1 aliphatic rings. The molecule has 0 aliphatic carbocycles. The van der Waals surface area contributed by atoms with E-state index in [2.05, 4.69) is 10.6 Å². The molecule has 0 saturated carbocycles. The molecule has 3 aromatic carbocycles. The Bertz CT molecular complexity index is 1380. The fraction of sp³-hybridized carbons (Fsp3) is 0.303. The molecule has 4 rings (SSSR count). The molecule has 0 radical (unpaired) electrons. The Morgan fingerprint density at radius 2 is 1.51 bits per heavy atom. The molecule has 214 valence electrons. The Labute approximate surface area is 240 Å². The Kier molecular flexibility index (Phi) is 9.45. The van der Waals surface area contributed by atoms with Crippen molar-refractivity contribution in [2.24, 2.45) is 0 Å². The van der Waals surface area contributed by atoms with Gasteiger partial charge >= 0.3 is 6.09 Å². The van der Waals surface area contributed by atoms with E-state index < -0.39 is 41.2 Å². The third-order valence-electron chi connectivity index (χ3n) is 6.55. The van der Waals surface area contributed by atoms with Crippen molar-refractivity contribution in [3.63, 3.8) is 0 Å². The molecule has 1 aliphatic heterocycles. The topological polar surface area (TPSA) is 114 Å². The van der Waals surface area contributed by atoms with Gasteiger partial charge < -0.3 is 25.2 Å². The Morgan fingerprint density at radius 3 is 2.12 bits per heavy atom. The smallest absolute Gasteiger partial charge is 0.408 e. The first kappa shape index (κ1) is 29.4. The zero-order chi connectivity index (χ0) is 29.4. The number of alkyl carbamates (subject to hydrolysis) is 1. The van der Waals surface area contributed by atoms with Gasteiger partial charge in [0.2, 0.25) is 0 Å². The summed E-state index contributed by atoms with van der Waals surface area (Å²) in [6.07, 6.45) is 0.316. The number of rotatable bonds is 10. The van der Waals surface area contributed by atoms with E-state index in [-0.39, 0.29) is 12.0 Å². The highest BCUT2D eigenvalue weighted by Gasteiger charge is 2.40. The summed E-state index contributed by atoms with van der Waals surface area (Å²) in [4.78, 5) is 38.7. The van der Waals surface area contributed by atoms with Crippen molar-refractivity contribution in [2.75, 3.05) is 0 Å².